The highest BCUT2D eigenvalue weighted by Crippen LogP contribution is 2.26. The molecule has 0 radical (unpaired) electrons. The molecule has 0 amide bonds. The molecule has 0 saturated carbocycles. The van der Waals surface area contributed by atoms with E-state index in [0.717, 1.165) is 22.6 Å². The van der Waals surface area contributed by atoms with Crippen LogP contribution >= 0.6 is 11.3 Å². The van der Waals surface area contributed by atoms with E-state index in [1.807, 2.05) is 11.4 Å². The van der Waals surface area contributed by atoms with E-state index in [4.69, 9.17) is 10.00 Å². The van der Waals surface area contributed by atoms with E-state index in [9.17, 15) is 0 Å². The molecule has 0 aliphatic carbocycles. The minimum Gasteiger partial charge on any atom is -0.383 e. The van der Waals surface area contributed by atoms with Gasteiger partial charge in [0.2, 0.25) is 0 Å². The van der Waals surface area contributed by atoms with Crippen LogP contribution < -0.4 is 4.90 Å². The quantitative estimate of drug-likeness (QED) is 0.797. The Hall–Kier alpha value is -1.71. The Balaban J connectivity index is 2.28. The number of hydrogen-bond acceptors (Lipinski definition) is 6. The van der Waals surface area contributed by atoms with E-state index < -0.39 is 0 Å². The van der Waals surface area contributed by atoms with Gasteiger partial charge in [0.15, 0.2) is 0 Å². The number of thiophene rings is 1. The minimum absolute atomic E-state index is 0.472. The van der Waals surface area contributed by atoms with E-state index in [0.29, 0.717) is 19.6 Å². The average Bonchev–Trinajstić information content (AvgIpc) is 2.87. The largest absolute Gasteiger partial charge is 0.383 e. The Labute approximate surface area is 110 Å². The predicted octanol–water partition coefficient (Wildman–Crippen LogP) is 2.06. The highest BCUT2D eigenvalue weighted by atomic mass is 32.1. The van der Waals surface area contributed by atoms with Gasteiger partial charge in [-0.05, 0) is 11.4 Å². The van der Waals surface area contributed by atoms with Crippen molar-refractivity contribution in [2.75, 3.05) is 31.7 Å². The van der Waals surface area contributed by atoms with Crippen LogP contribution in [0, 0.1) is 11.3 Å². The number of aromatic nitrogens is 2. The zero-order valence-corrected chi connectivity index (χ0v) is 11.0. The van der Waals surface area contributed by atoms with E-state index in [1.54, 1.807) is 24.8 Å². The first kappa shape index (κ1) is 12.7. The SMILES string of the molecule is COCCN(CCC#N)c1ncnc2sccc12. The lowest BCUT2D eigenvalue weighted by atomic mass is 10.3. The van der Waals surface area contributed by atoms with Gasteiger partial charge >= 0.3 is 0 Å². The van der Waals surface area contributed by atoms with Crippen LogP contribution in [0.5, 0.6) is 0 Å². The second kappa shape index (κ2) is 6.28. The van der Waals surface area contributed by atoms with Crippen molar-refractivity contribution in [2.24, 2.45) is 0 Å². The highest BCUT2D eigenvalue weighted by molar-refractivity contribution is 7.16. The minimum atomic E-state index is 0.472. The summed E-state index contributed by atoms with van der Waals surface area (Å²) >= 11 is 1.59. The van der Waals surface area contributed by atoms with Crippen molar-refractivity contribution >= 4 is 27.4 Å². The number of nitriles is 1. The smallest absolute Gasteiger partial charge is 0.140 e. The Morgan fingerprint density at radius 2 is 2.33 bits per heavy atom. The van der Waals surface area contributed by atoms with Crippen LogP contribution in [0.25, 0.3) is 10.2 Å². The fourth-order valence-electron chi connectivity index (χ4n) is 1.74. The van der Waals surface area contributed by atoms with Crippen molar-refractivity contribution in [3.8, 4) is 6.07 Å². The van der Waals surface area contributed by atoms with Gasteiger partial charge < -0.3 is 9.64 Å². The normalized spacial score (nSPS) is 10.4. The van der Waals surface area contributed by atoms with Gasteiger partial charge in [0.1, 0.15) is 17.0 Å². The zero-order chi connectivity index (χ0) is 12.8. The second-order valence-corrected chi connectivity index (χ2v) is 4.62. The molecule has 0 spiro atoms. The van der Waals surface area contributed by atoms with E-state index in [1.165, 1.54) is 0 Å². The molecule has 94 valence electrons. The predicted molar refractivity (Wildman–Crippen MR) is 71.7 cm³/mol. The van der Waals surface area contributed by atoms with Crippen molar-refractivity contribution < 1.29 is 4.74 Å². The van der Waals surface area contributed by atoms with Gasteiger partial charge in [-0.2, -0.15) is 5.26 Å². The summed E-state index contributed by atoms with van der Waals surface area (Å²) in [5, 5.41) is 11.8. The average molecular weight is 262 g/mol. The van der Waals surface area contributed by atoms with Crippen molar-refractivity contribution in [3.05, 3.63) is 17.8 Å². The molecule has 0 bridgehead atoms. The summed E-state index contributed by atoms with van der Waals surface area (Å²) in [6.07, 6.45) is 2.04. The Morgan fingerprint density at radius 1 is 1.44 bits per heavy atom. The third-order valence-electron chi connectivity index (χ3n) is 2.60. The molecule has 0 aliphatic heterocycles. The van der Waals surface area contributed by atoms with Gasteiger partial charge in [-0.3, -0.25) is 0 Å². The molecule has 0 fully saturated rings. The number of rotatable bonds is 6. The summed E-state index contributed by atoms with van der Waals surface area (Å²) in [6, 6.07) is 4.18. The van der Waals surface area contributed by atoms with Crippen LogP contribution in [-0.4, -0.2) is 36.8 Å². The van der Waals surface area contributed by atoms with Crippen LogP contribution in [-0.2, 0) is 4.74 Å². The molecule has 0 unspecified atom stereocenters. The van der Waals surface area contributed by atoms with Gasteiger partial charge in [0, 0.05) is 20.2 Å². The molecule has 2 aromatic heterocycles. The first-order valence-corrected chi connectivity index (χ1v) is 6.54. The van der Waals surface area contributed by atoms with Gasteiger partial charge in [0.25, 0.3) is 0 Å². The van der Waals surface area contributed by atoms with Crippen molar-refractivity contribution in [3.63, 3.8) is 0 Å². The van der Waals surface area contributed by atoms with E-state index in [-0.39, 0.29) is 0 Å². The lowest BCUT2D eigenvalue weighted by Crippen LogP contribution is -2.29. The number of nitrogens with zero attached hydrogens (tertiary/aromatic N) is 4. The van der Waals surface area contributed by atoms with E-state index in [2.05, 4.69) is 20.9 Å². The number of hydrogen-bond donors (Lipinski definition) is 0. The molecular formula is C12H14N4OS. The summed E-state index contributed by atoms with van der Waals surface area (Å²) in [6.45, 7) is 1.99. The van der Waals surface area contributed by atoms with Gasteiger partial charge in [-0.25, -0.2) is 9.97 Å². The maximum atomic E-state index is 8.72. The van der Waals surface area contributed by atoms with Crippen molar-refractivity contribution in [2.45, 2.75) is 6.42 Å². The molecule has 0 aliphatic rings. The summed E-state index contributed by atoms with van der Waals surface area (Å²) < 4.78 is 5.10. The summed E-state index contributed by atoms with van der Waals surface area (Å²) in [5.41, 5.74) is 0. The first-order valence-electron chi connectivity index (χ1n) is 5.66. The van der Waals surface area contributed by atoms with Gasteiger partial charge in [0.05, 0.1) is 24.5 Å². The molecule has 6 heteroatoms. The fraction of sp³-hybridized carbons (Fsp3) is 0.417. The molecule has 2 heterocycles. The number of fused-ring (bicyclic) bond motifs is 1. The van der Waals surface area contributed by atoms with Crippen molar-refractivity contribution in [1.29, 1.82) is 5.26 Å². The number of ether oxygens (including phenoxy) is 1. The molecule has 2 rings (SSSR count). The Bertz CT molecular complexity index is 548. The summed E-state index contributed by atoms with van der Waals surface area (Å²) in [5.74, 6) is 0.883. The maximum absolute atomic E-state index is 8.72. The molecule has 0 atom stereocenters. The van der Waals surface area contributed by atoms with Crippen LogP contribution in [0.1, 0.15) is 6.42 Å². The zero-order valence-electron chi connectivity index (χ0n) is 10.2. The fourth-order valence-corrected chi connectivity index (χ4v) is 2.47. The van der Waals surface area contributed by atoms with Gasteiger partial charge in [-0.1, -0.05) is 0 Å². The maximum Gasteiger partial charge on any atom is 0.140 e. The Morgan fingerprint density at radius 3 is 3.11 bits per heavy atom. The van der Waals surface area contributed by atoms with Gasteiger partial charge in [-0.15, -0.1) is 11.3 Å². The molecule has 0 N–H and O–H groups in total. The highest BCUT2D eigenvalue weighted by Gasteiger charge is 2.12. The molecule has 5 nitrogen and oxygen atoms in total. The van der Waals surface area contributed by atoms with Crippen LogP contribution in [0.3, 0.4) is 0 Å². The third-order valence-corrected chi connectivity index (χ3v) is 3.42. The monoisotopic (exact) mass is 262 g/mol. The summed E-state index contributed by atoms with van der Waals surface area (Å²) in [4.78, 5) is 11.6. The first-order chi connectivity index (χ1) is 8.86. The lowest BCUT2D eigenvalue weighted by Gasteiger charge is -2.22. The Kier molecular flexibility index (Phi) is 4.45. The van der Waals surface area contributed by atoms with Crippen molar-refractivity contribution in [1.82, 2.24) is 9.97 Å². The lowest BCUT2D eigenvalue weighted by molar-refractivity contribution is 0.205. The second-order valence-electron chi connectivity index (χ2n) is 3.72. The molecule has 0 saturated heterocycles. The van der Waals surface area contributed by atoms with E-state index >= 15 is 0 Å². The topological polar surface area (TPSA) is 62.0 Å². The summed E-state index contributed by atoms with van der Waals surface area (Å²) in [7, 11) is 1.67. The number of anilines is 1. The standard InChI is InChI=1S/C12H14N4OS/c1-17-7-6-16(5-2-4-13)11-10-3-8-18-12(10)15-9-14-11/h3,8-9H,2,5-7H2,1H3. The number of methoxy groups -OCH3 is 1. The molecule has 2 aromatic rings. The molecular weight excluding hydrogens is 248 g/mol. The molecule has 0 aromatic carbocycles. The van der Waals surface area contributed by atoms with Crippen LogP contribution in [0.4, 0.5) is 5.82 Å². The third kappa shape index (κ3) is 2.75. The van der Waals surface area contributed by atoms with Crippen LogP contribution in [0.15, 0.2) is 17.8 Å². The molecule has 18 heavy (non-hydrogen) atoms. The van der Waals surface area contributed by atoms with Crippen LogP contribution in [0.2, 0.25) is 0 Å².